The molecule has 8 atom stereocenters. The molecule has 5 rings (SSSR count). The molecule has 0 amide bonds. The van der Waals surface area contributed by atoms with Crippen LogP contribution in [0.2, 0.25) is 0 Å². The summed E-state index contributed by atoms with van der Waals surface area (Å²) in [6.07, 6.45) is 54.1. The van der Waals surface area contributed by atoms with E-state index in [0.717, 1.165) is 42.9 Å². The maximum atomic E-state index is 13.5. The number of hydrogen-bond acceptors (Lipinski definition) is 1. The second-order valence-electron chi connectivity index (χ2n) is 24.8. The first-order valence-corrected chi connectivity index (χ1v) is 27.5. The molecule has 0 aromatic heterocycles. The lowest BCUT2D eigenvalue weighted by atomic mass is 9.36. The van der Waals surface area contributed by atoms with Gasteiger partial charge in [0, 0.05) is 12.8 Å². The Morgan fingerprint density at radius 2 is 0.983 bits per heavy atom. The molecule has 5 aliphatic rings. The standard InChI is InChI=1S/C58H104O/c1-9-10-11-12-13-14-15-16-17-18-19-20-21-22-23-24-25-26-27-28-29-30-31-32-33-34-48(59)45-47-37-41-58(8)52(55(47,4)5)39-42-57(7)50-38-40-56(6)44-43-54(2,3)46-51(56)49(50)35-36-53(57)58/h35,47,50-53H,9-34,36-46H2,1-8H3. The Morgan fingerprint density at radius 1 is 0.508 bits per heavy atom. The summed E-state index contributed by atoms with van der Waals surface area (Å²) in [6.45, 7) is 20.7. The van der Waals surface area contributed by atoms with E-state index in [1.165, 1.54) is 218 Å². The van der Waals surface area contributed by atoms with Crippen molar-refractivity contribution in [2.75, 3.05) is 0 Å². The molecule has 0 aromatic rings. The second-order valence-corrected chi connectivity index (χ2v) is 24.8. The largest absolute Gasteiger partial charge is 0.300 e. The lowest BCUT2D eigenvalue weighted by Gasteiger charge is -2.68. The van der Waals surface area contributed by atoms with Gasteiger partial charge in [-0.2, -0.15) is 0 Å². The van der Waals surface area contributed by atoms with Gasteiger partial charge < -0.3 is 0 Å². The van der Waals surface area contributed by atoms with Crippen molar-refractivity contribution in [2.24, 2.45) is 56.7 Å². The number of carbonyl (C=O) groups excluding carboxylic acids is 1. The lowest BCUT2D eigenvalue weighted by Crippen LogP contribution is -2.61. The van der Waals surface area contributed by atoms with Gasteiger partial charge in [0.15, 0.2) is 0 Å². The number of allylic oxidation sites excluding steroid dienone is 2. The molecule has 0 aliphatic heterocycles. The summed E-state index contributed by atoms with van der Waals surface area (Å²) in [5.41, 5.74) is 4.09. The van der Waals surface area contributed by atoms with Crippen molar-refractivity contribution in [1.29, 1.82) is 0 Å². The van der Waals surface area contributed by atoms with Gasteiger partial charge in [0.05, 0.1) is 0 Å². The summed E-state index contributed by atoms with van der Waals surface area (Å²) < 4.78 is 0. The molecule has 342 valence electrons. The molecule has 4 fully saturated rings. The first-order valence-electron chi connectivity index (χ1n) is 27.5. The molecule has 0 saturated heterocycles. The Balaban J connectivity index is 0.879. The fourth-order valence-corrected chi connectivity index (χ4v) is 15.5. The van der Waals surface area contributed by atoms with E-state index >= 15 is 0 Å². The van der Waals surface area contributed by atoms with Crippen LogP contribution < -0.4 is 0 Å². The summed E-state index contributed by atoms with van der Waals surface area (Å²) in [4.78, 5) is 13.5. The van der Waals surface area contributed by atoms with Crippen LogP contribution in [0.25, 0.3) is 0 Å². The van der Waals surface area contributed by atoms with Crippen molar-refractivity contribution in [2.45, 2.75) is 293 Å². The number of rotatable bonds is 28. The molecular formula is C58H104O. The predicted molar refractivity (Wildman–Crippen MR) is 259 cm³/mol. The SMILES string of the molecule is CCCCCCCCCCCCCCCCCCCCCCCCCCCC(=O)CC1CCC2(C)C(CCC3(C)C4CCC5(C)CCC(C)(C)CC5C4=CCC32)C1(C)C. The Bertz CT molecular complexity index is 1250. The fraction of sp³-hybridized carbons (Fsp3) is 0.948. The molecule has 8 unspecified atom stereocenters. The summed E-state index contributed by atoms with van der Waals surface area (Å²) >= 11 is 0. The minimum atomic E-state index is 0.262. The number of carbonyl (C=O) groups is 1. The number of unbranched alkanes of at least 4 members (excludes halogenated alkanes) is 24. The normalized spacial score (nSPS) is 33.4. The van der Waals surface area contributed by atoms with Gasteiger partial charge in [-0.25, -0.2) is 0 Å². The fourth-order valence-electron chi connectivity index (χ4n) is 15.5. The van der Waals surface area contributed by atoms with Crippen LogP contribution in [0.15, 0.2) is 11.6 Å². The van der Waals surface area contributed by atoms with E-state index in [2.05, 4.69) is 61.5 Å². The predicted octanol–water partition coefficient (Wildman–Crippen LogP) is 19.2. The van der Waals surface area contributed by atoms with Gasteiger partial charge in [0.2, 0.25) is 0 Å². The van der Waals surface area contributed by atoms with E-state index < -0.39 is 0 Å². The van der Waals surface area contributed by atoms with Crippen LogP contribution in [0.4, 0.5) is 0 Å². The second kappa shape index (κ2) is 23.4. The van der Waals surface area contributed by atoms with Gasteiger partial charge in [-0.05, 0) is 127 Å². The Kier molecular flexibility index (Phi) is 19.6. The summed E-state index contributed by atoms with van der Waals surface area (Å²) in [6, 6.07) is 0. The third-order valence-corrected chi connectivity index (χ3v) is 19.5. The highest BCUT2D eigenvalue weighted by Gasteiger charge is 2.64. The van der Waals surface area contributed by atoms with Crippen LogP contribution in [0.5, 0.6) is 0 Å². The zero-order valence-electron chi connectivity index (χ0n) is 41.5. The van der Waals surface area contributed by atoms with Crippen LogP contribution in [0.3, 0.4) is 0 Å². The average Bonchev–Trinajstić information content (AvgIpc) is 3.19. The molecule has 0 spiro atoms. The van der Waals surface area contributed by atoms with Gasteiger partial charge in [0.25, 0.3) is 0 Å². The van der Waals surface area contributed by atoms with E-state index in [9.17, 15) is 4.79 Å². The van der Waals surface area contributed by atoms with Crippen molar-refractivity contribution in [3.8, 4) is 0 Å². The topological polar surface area (TPSA) is 17.1 Å². The molecule has 1 nitrogen and oxygen atoms in total. The first kappa shape index (κ1) is 49.4. The monoisotopic (exact) mass is 817 g/mol. The van der Waals surface area contributed by atoms with E-state index in [0.29, 0.717) is 33.4 Å². The van der Waals surface area contributed by atoms with Crippen molar-refractivity contribution in [3.63, 3.8) is 0 Å². The summed E-state index contributed by atoms with van der Waals surface area (Å²) in [5, 5.41) is 0. The maximum absolute atomic E-state index is 13.5. The molecule has 59 heavy (non-hydrogen) atoms. The van der Waals surface area contributed by atoms with Crippen LogP contribution in [0, 0.1) is 56.7 Å². The zero-order valence-corrected chi connectivity index (χ0v) is 41.5. The molecule has 0 N–H and O–H groups in total. The van der Waals surface area contributed by atoms with E-state index in [1.54, 1.807) is 0 Å². The third-order valence-electron chi connectivity index (χ3n) is 19.5. The number of hydrogen-bond donors (Lipinski definition) is 0. The number of fused-ring (bicyclic) bond motifs is 7. The van der Waals surface area contributed by atoms with Crippen LogP contribution in [0.1, 0.15) is 293 Å². The van der Waals surface area contributed by atoms with Gasteiger partial charge in [-0.1, -0.05) is 221 Å². The minimum Gasteiger partial charge on any atom is -0.300 e. The number of Topliss-reactive ketones (excluding diaryl/α,β-unsaturated/α-hetero) is 1. The van der Waals surface area contributed by atoms with Gasteiger partial charge in [-0.15, -0.1) is 0 Å². The van der Waals surface area contributed by atoms with E-state index in [-0.39, 0.29) is 5.41 Å². The van der Waals surface area contributed by atoms with Gasteiger partial charge in [-0.3, -0.25) is 4.79 Å². The van der Waals surface area contributed by atoms with Crippen LogP contribution in [-0.4, -0.2) is 5.78 Å². The van der Waals surface area contributed by atoms with E-state index in [1.807, 2.05) is 5.57 Å². The van der Waals surface area contributed by atoms with Crippen LogP contribution >= 0.6 is 0 Å². The summed E-state index contributed by atoms with van der Waals surface area (Å²) in [5.74, 6) is 4.35. The van der Waals surface area contributed by atoms with Crippen molar-refractivity contribution in [1.82, 2.24) is 0 Å². The van der Waals surface area contributed by atoms with Crippen LogP contribution in [-0.2, 0) is 4.79 Å². The minimum absolute atomic E-state index is 0.262. The van der Waals surface area contributed by atoms with Crippen molar-refractivity contribution >= 4 is 5.78 Å². The first-order chi connectivity index (χ1) is 28.3. The van der Waals surface area contributed by atoms with Gasteiger partial charge >= 0.3 is 0 Å². The maximum Gasteiger partial charge on any atom is 0.133 e. The van der Waals surface area contributed by atoms with E-state index in [4.69, 9.17) is 0 Å². The molecule has 0 bridgehead atoms. The highest BCUT2D eigenvalue weighted by atomic mass is 16.1. The molecule has 4 saturated carbocycles. The lowest BCUT2D eigenvalue weighted by molar-refractivity contribution is -0.172. The molecule has 1 heteroatoms. The smallest absolute Gasteiger partial charge is 0.133 e. The molecule has 0 radical (unpaired) electrons. The summed E-state index contributed by atoms with van der Waals surface area (Å²) in [7, 11) is 0. The Morgan fingerprint density at radius 3 is 1.49 bits per heavy atom. The number of ketones is 1. The highest BCUT2D eigenvalue weighted by Crippen LogP contribution is 2.72. The van der Waals surface area contributed by atoms with Crippen molar-refractivity contribution in [3.05, 3.63) is 11.6 Å². The van der Waals surface area contributed by atoms with Crippen molar-refractivity contribution < 1.29 is 4.79 Å². The van der Waals surface area contributed by atoms with Gasteiger partial charge in [0.1, 0.15) is 5.78 Å². The molecule has 0 aromatic carbocycles. The zero-order chi connectivity index (χ0) is 42.4. The Hall–Kier alpha value is -0.590. The Labute approximate surface area is 370 Å². The quantitative estimate of drug-likeness (QED) is 0.0568. The highest BCUT2D eigenvalue weighted by molar-refractivity contribution is 5.78. The molecular weight excluding hydrogens is 713 g/mol. The average molecular weight is 817 g/mol. The molecule has 0 heterocycles. The molecule has 5 aliphatic carbocycles. The third kappa shape index (κ3) is 13.2.